The zero-order valence-corrected chi connectivity index (χ0v) is 15.4. The Morgan fingerprint density at radius 1 is 1.27 bits per heavy atom. The molecule has 0 aliphatic carbocycles. The van der Waals surface area contributed by atoms with Crippen LogP contribution in [0.25, 0.3) is 0 Å². The smallest absolute Gasteiger partial charge is 0.307 e. The predicted molar refractivity (Wildman–Crippen MR) is 86.6 cm³/mol. The highest BCUT2D eigenvalue weighted by Crippen LogP contribution is 2.32. The van der Waals surface area contributed by atoms with E-state index in [0.29, 0.717) is 0 Å². The molecule has 1 N–H and O–H groups in total. The molecule has 0 aromatic rings. The lowest BCUT2D eigenvalue weighted by atomic mass is 9.99. The lowest BCUT2D eigenvalue weighted by Gasteiger charge is -2.29. The Morgan fingerprint density at radius 3 is 2.32 bits per heavy atom. The molecule has 130 valence electrons. The first-order valence-electron chi connectivity index (χ1n) is 8.27. The van der Waals surface area contributed by atoms with Crippen LogP contribution in [0.2, 0.25) is 0 Å². The molecule has 5 nitrogen and oxygen atoms in total. The van der Waals surface area contributed by atoms with Gasteiger partial charge >= 0.3 is 5.97 Å². The van der Waals surface area contributed by atoms with Crippen molar-refractivity contribution in [3.63, 3.8) is 0 Å². The number of carbonyl (C=O) groups is 1. The summed E-state index contributed by atoms with van der Waals surface area (Å²) in [5, 5.41) is 3.43. The number of carbonyl (C=O) groups excluding carboxylic acids is 1. The summed E-state index contributed by atoms with van der Waals surface area (Å²) in [6.07, 6.45) is 0.943. The molecule has 0 bridgehead atoms. The molecule has 0 aromatic heterocycles. The fraction of sp³-hybridized carbons (Fsp3) is 0.941. The molecular weight excluding hydrogens is 282 g/mol. The van der Waals surface area contributed by atoms with Crippen molar-refractivity contribution in [3.05, 3.63) is 0 Å². The maximum atomic E-state index is 12.2. The SMILES string of the molecule is CC[C@H]1OC(C)(C)O[C@@H]1[C@H](CC(=O)OC(C)(C)C)NC(C)C. The maximum Gasteiger partial charge on any atom is 0.307 e. The fourth-order valence-electron chi connectivity index (χ4n) is 2.78. The lowest BCUT2D eigenvalue weighted by molar-refractivity contribution is -0.160. The van der Waals surface area contributed by atoms with Gasteiger partial charge in [0.05, 0.1) is 12.5 Å². The predicted octanol–water partition coefficient (Wildman–Crippen LogP) is 3.01. The van der Waals surface area contributed by atoms with Crippen LogP contribution in [-0.4, -0.2) is 41.6 Å². The molecule has 1 fully saturated rings. The Kier molecular flexibility index (Phi) is 6.42. The van der Waals surface area contributed by atoms with E-state index >= 15 is 0 Å². The fourth-order valence-corrected chi connectivity index (χ4v) is 2.78. The summed E-state index contributed by atoms with van der Waals surface area (Å²) < 4.78 is 17.4. The maximum absolute atomic E-state index is 12.2. The standard InChI is InChI=1S/C17H33NO4/c1-9-13-15(22-17(7,8)20-13)12(18-11(2)3)10-14(19)21-16(4,5)6/h11-13,15,18H,9-10H2,1-8H3/t12-,13+,15+/m0/s1. The molecule has 22 heavy (non-hydrogen) atoms. The van der Waals surface area contributed by atoms with E-state index in [9.17, 15) is 4.79 Å². The summed E-state index contributed by atoms with van der Waals surface area (Å²) >= 11 is 0. The van der Waals surface area contributed by atoms with Gasteiger partial charge in [-0.15, -0.1) is 0 Å². The molecule has 0 aromatic carbocycles. The van der Waals surface area contributed by atoms with Gasteiger partial charge in [-0.05, 0) is 41.0 Å². The summed E-state index contributed by atoms with van der Waals surface area (Å²) in [5.74, 6) is -0.829. The first kappa shape index (κ1) is 19.4. The molecule has 1 rings (SSSR count). The Balaban J connectivity index is 2.81. The average molecular weight is 315 g/mol. The molecule has 1 aliphatic rings. The van der Waals surface area contributed by atoms with Crippen LogP contribution < -0.4 is 5.32 Å². The molecule has 0 unspecified atom stereocenters. The Bertz CT molecular complexity index is 373. The summed E-state index contributed by atoms with van der Waals surface area (Å²) in [4.78, 5) is 12.2. The molecule has 5 heteroatoms. The van der Waals surface area contributed by atoms with E-state index in [1.165, 1.54) is 0 Å². The third-order valence-corrected chi connectivity index (χ3v) is 3.37. The minimum absolute atomic E-state index is 0.0197. The largest absolute Gasteiger partial charge is 0.460 e. The molecule has 3 atom stereocenters. The third-order valence-electron chi connectivity index (χ3n) is 3.37. The highest BCUT2D eigenvalue weighted by atomic mass is 16.8. The monoisotopic (exact) mass is 315 g/mol. The molecule has 0 amide bonds. The number of rotatable bonds is 6. The quantitative estimate of drug-likeness (QED) is 0.764. The molecule has 1 heterocycles. The second kappa shape index (κ2) is 7.28. The first-order chi connectivity index (χ1) is 9.93. The Labute approximate surface area is 135 Å². The van der Waals surface area contributed by atoms with E-state index in [4.69, 9.17) is 14.2 Å². The summed E-state index contributed by atoms with van der Waals surface area (Å²) in [6, 6.07) is 0.124. The van der Waals surface area contributed by atoms with Gasteiger partial charge in [-0.1, -0.05) is 20.8 Å². The number of esters is 1. The molecule has 0 radical (unpaired) electrons. The summed E-state index contributed by atoms with van der Waals surface area (Å²) in [7, 11) is 0. The second-order valence-electron chi connectivity index (χ2n) is 7.77. The average Bonchev–Trinajstić information content (AvgIpc) is 2.60. The van der Waals surface area contributed by atoms with Crippen molar-refractivity contribution < 1.29 is 19.0 Å². The van der Waals surface area contributed by atoms with Crippen molar-refractivity contribution in [1.82, 2.24) is 5.32 Å². The highest BCUT2D eigenvalue weighted by Gasteiger charge is 2.45. The molecular formula is C17H33NO4. The molecule has 1 aliphatic heterocycles. The van der Waals surface area contributed by atoms with Crippen LogP contribution in [0.15, 0.2) is 0 Å². The van der Waals surface area contributed by atoms with Gasteiger partial charge in [0.1, 0.15) is 11.7 Å². The van der Waals surface area contributed by atoms with Crippen LogP contribution in [-0.2, 0) is 19.0 Å². The van der Waals surface area contributed by atoms with Crippen molar-refractivity contribution in [2.24, 2.45) is 0 Å². The zero-order chi connectivity index (χ0) is 17.1. The lowest BCUT2D eigenvalue weighted by Crippen LogP contribution is -2.49. The van der Waals surface area contributed by atoms with Crippen LogP contribution in [0.5, 0.6) is 0 Å². The van der Waals surface area contributed by atoms with Gasteiger partial charge in [-0.3, -0.25) is 4.79 Å². The van der Waals surface area contributed by atoms with Crippen LogP contribution in [0.4, 0.5) is 0 Å². The molecule has 0 spiro atoms. The first-order valence-corrected chi connectivity index (χ1v) is 8.27. The number of nitrogens with one attached hydrogen (secondary N) is 1. The summed E-state index contributed by atoms with van der Waals surface area (Å²) in [6.45, 7) is 15.6. The van der Waals surface area contributed by atoms with Gasteiger partial charge < -0.3 is 19.5 Å². The third kappa shape index (κ3) is 6.23. The molecule has 1 saturated heterocycles. The minimum Gasteiger partial charge on any atom is -0.460 e. The van der Waals surface area contributed by atoms with Crippen LogP contribution in [0, 0.1) is 0 Å². The van der Waals surface area contributed by atoms with Crippen LogP contribution in [0.3, 0.4) is 0 Å². The van der Waals surface area contributed by atoms with Crippen LogP contribution >= 0.6 is 0 Å². The number of hydrogen-bond acceptors (Lipinski definition) is 5. The Morgan fingerprint density at radius 2 is 1.86 bits per heavy atom. The van der Waals surface area contributed by atoms with E-state index in [1.807, 2.05) is 34.6 Å². The van der Waals surface area contributed by atoms with Crippen LogP contribution in [0.1, 0.15) is 68.2 Å². The van der Waals surface area contributed by atoms with Crippen molar-refractivity contribution in [2.75, 3.05) is 0 Å². The van der Waals surface area contributed by atoms with Crippen molar-refractivity contribution in [2.45, 2.75) is 104 Å². The normalized spacial score (nSPS) is 26.2. The van der Waals surface area contributed by atoms with E-state index in [0.717, 1.165) is 6.42 Å². The molecule has 0 saturated carbocycles. The van der Waals surface area contributed by atoms with E-state index in [2.05, 4.69) is 26.1 Å². The zero-order valence-electron chi connectivity index (χ0n) is 15.4. The van der Waals surface area contributed by atoms with Gasteiger partial charge in [0.15, 0.2) is 5.79 Å². The van der Waals surface area contributed by atoms with E-state index in [1.54, 1.807) is 0 Å². The minimum atomic E-state index is -0.615. The topological polar surface area (TPSA) is 56.8 Å². The van der Waals surface area contributed by atoms with Gasteiger partial charge in [-0.25, -0.2) is 0 Å². The summed E-state index contributed by atoms with van der Waals surface area (Å²) in [5.41, 5.74) is -0.476. The highest BCUT2D eigenvalue weighted by molar-refractivity contribution is 5.70. The Hall–Kier alpha value is -0.650. The van der Waals surface area contributed by atoms with Crippen molar-refractivity contribution in [3.8, 4) is 0 Å². The number of hydrogen-bond donors (Lipinski definition) is 1. The van der Waals surface area contributed by atoms with Gasteiger partial charge in [0, 0.05) is 12.1 Å². The van der Waals surface area contributed by atoms with Crippen molar-refractivity contribution in [1.29, 1.82) is 0 Å². The van der Waals surface area contributed by atoms with E-state index < -0.39 is 11.4 Å². The van der Waals surface area contributed by atoms with Crippen molar-refractivity contribution >= 4 is 5.97 Å². The number of ether oxygens (including phenoxy) is 3. The van der Waals surface area contributed by atoms with E-state index in [-0.39, 0.29) is 36.7 Å². The van der Waals surface area contributed by atoms with Gasteiger partial charge in [0.25, 0.3) is 0 Å². The van der Waals surface area contributed by atoms with Gasteiger partial charge in [0.2, 0.25) is 0 Å². The second-order valence-corrected chi connectivity index (χ2v) is 7.77. The van der Waals surface area contributed by atoms with Gasteiger partial charge in [-0.2, -0.15) is 0 Å².